The molecule has 1 aromatic heterocycles. The van der Waals surface area contributed by atoms with Crippen LogP contribution in [0.5, 0.6) is 0 Å². The Hall–Kier alpha value is -2.03. The van der Waals surface area contributed by atoms with Gasteiger partial charge in [0, 0.05) is 25.4 Å². The first-order chi connectivity index (χ1) is 12.7. The van der Waals surface area contributed by atoms with Crippen molar-refractivity contribution in [2.24, 2.45) is 5.92 Å². The van der Waals surface area contributed by atoms with Crippen LogP contribution in [-0.4, -0.2) is 62.7 Å². The molecular weight excluding hydrogens is 366 g/mol. The molecule has 0 aliphatic carbocycles. The van der Waals surface area contributed by atoms with E-state index >= 15 is 0 Å². The summed E-state index contributed by atoms with van der Waals surface area (Å²) in [6.45, 7) is 4.41. The molecular formula is C19H25N3O4S. The normalized spacial score (nSPS) is 20.3. The van der Waals surface area contributed by atoms with Gasteiger partial charge < -0.3 is 10.1 Å². The van der Waals surface area contributed by atoms with Gasteiger partial charge in [0.1, 0.15) is 0 Å². The second-order valence-corrected chi connectivity index (χ2v) is 9.48. The highest BCUT2D eigenvalue weighted by Crippen LogP contribution is 2.21. The van der Waals surface area contributed by atoms with Gasteiger partial charge in [-0.05, 0) is 32.0 Å². The fraction of sp³-hybridized carbons (Fsp3) is 0.474. The van der Waals surface area contributed by atoms with Crippen molar-refractivity contribution >= 4 is 26.8 Å². The third kappa shape index (κ3) is 4.28. The Morgan fingerprint density at radius 3 is 2.70 bits per heavy atom. The molecule has 1 saturated heterocycles. The standard InChI is InChI=1S/C19H25N3O4S/c1-12-5-6-17-14(7-12)8-16(13(2)20-17)19(23)21-18-10-26-9-15(18)11-27(24,25)22(3)4/h5-8,15,18H,9-11H2,1-4H3,(H,21,23)/t15-,18-/m0/s1. The predicted octanol–water partition coefficient (Wildman–Crippen LogP) is 1.49. The van der Waals surface area contributed by atoms with E-state index < -0.39 is 10.0 Å². The summed E-state index contributed by atoms with van der Waals surface area (Å²) >= 11 is 0. The fourth-order valence-electron chi connectivity index (χ4n) is 3.21. The van der Waals surface area contributed by atoms with Crippen LogP contribution in [-0.2, 0) is 14.8 Å². The third-order valence-corrected chi connectivity index (χ3v) is 6.86. The lowest BCUT2D eigenvalue weighted by molar-refractivity contribution is 0.0925. The second kappa shape index (κ2) is 7.53. The van der Waals surface area contributed by atoms with Crippen LogP contribution >= 0.6 is 0 Å². The van der Waals surface area contributed by atoms with Crippen LogP contribution in [0.1, 0.15) is 21.6 Å². The summed E-state index contributed by atoms with van der Waals surface area (Å²) in [5, 5.41) is 3.84. The quantitative estimate of drug-likeness (QED) is 0.834. The molecule has 2 aromatic rings. The molecule has 146 valence electrons. The lowest BCUT2D eigenvalue weighted by atomic mass is 10.0. The number of nitrogens with one attached hydrogen (secondary N) is 1. The zero-order chi connectivity index (χ0) is 19.8. The van der Waals surface area contributed by atoms with Crippen LogP contribution in [0.4, 0.5) is 0 Å². The molecule has 1 amide bonds. The minimum atomic E-state index is -3.37. The topological polar surface area (TPSA) is 88.6 Å². The smallest absolute Gasteiger partial charge is 0.253 e. The maximum atomic E-state index is 12.8. The highest BCUT2D eigenvalue weighted by Gasteiger charge is 2.34. The lowest BCUT2D eigenvalue weighted by Crippen LogP contribution is -2.43. The molecule has 1 fully saturated rings. The molecule has 0 spiro atoms. The zero-order valence-electron chi connectivity index (χ0n) is 16.0. The number of amides is 1. The van der Waals surface area contributed by atoms with Crippen molar-refractivity contribution in [1.29, 1.82) is 0 Å². The van der Waals surface area contributed by atoms with Crippen molar-refractivity contribution in [3.05, 3.63) is 41.1 Å². The summed E-state index contributed by atoms with van der Waals surface area (Å²) in [4.78, 5) is 17.3. The minimum absolute atomic E-state index is 0.0565. The average molecular weight is 391 g/mol. The molecule has 2 heterocycles. The number of carbonyl (C=O) groups is 1. The Morgan fingerprint density at radius 2 is 2.00 bits per heavy atom. The van der Waals surface area contributed by atoms with E-state index in [1.54, 1.807) is 6.92 Å². The van der Waals surface area contributed by atoms with Crippen molar-refractivity contribution in [2.75, 3.05) is 33.1 Å². The monoisotopic (exact) mass is 391 g/mol. The number of pyridine rings is 1. The van der Waals surface area contributed by atoms with E-state index in [4.69, 9.17) is 4.74 Å². The molecule has 0 bridgehead atoms. The Balaban J connectivity index is 1.80. The van der Waals surface area contributed by atoms with Crippen LogP contribution in [0.2, 0.25) is 0 Å². The number of carbonyl (C=O) groups excluding carboxylic acids is 1. The van der Waals surface area contributed by atoms with Gasteiger partial charge in [0.05, 0.1) is 41.8 Å². The fourth-order valence-corrected chi connectivity index (χ4v) is 4.38. The maximum Gasteiger partial charge on any atom is 0.253 e. The van der Waals surface area contributed by atoms with Crippen LogP contribution in [0, 0.1) is 19.8 Å². The van der Waals surface area contributed by atoms with Gasteiger partial charge in [-0.25, -0.2) is 12.7 Å². The van der Waals surface area contributed by atoms with E-state index in [9.17, 15) is 13.2 Å². The molecule has 1 N–H and O–H groups in total. The van der Waals surface area contributed by atoms with Gasteiger partial charge in [-0.2, -0.15) is 0 Å². The molecule has 1 aromatic carbocycles. The number of sulfonamides is 1. The van der Waals surface area contributed by atoms with Gasteiger partial charge >= 0.3 is 0 Å². The molecule has 7 nitrogen and oxygen atoms in total. The molecule has 0 unspecified atom stereocenters. The summed E-state index contributed by atoms with van der Waals surface area (Å²) in [5.74, 6) is -0.595. The number of fused-ring (bicyclic) bond motifs is 1. The zero-order valence-corrected chi connectivity index (χ0v) is 16.8. The number of hydrogen-bond acceptors (Lipinski definition) is 5. The number of aromatic nitrogens is 1. The number of rotatable bonds is 5. The van der Waals surface area contributed by atoms with Crippen LogP contribution in [0.15, 0.2) is 24.3 Å². The minimum Gasteiger partial charge on any atom is -0.379 e. The predicted molar refractivity (Wildman–Crippen MR) is 104 cm³/mol. The highest BCUT2D eigenvalue weighted by molar-refractivity contribution is 7.89. The SMILES string of the molecule is Cc1ccc2nc(C)c(C(=O)N[C@H]3COC[C@H]3CS(=O)(=O)N(C)C)cc2c1. The largest absolute Gasteiger partial charge is 0.379 e. The van der Waals surface area contributed by atoms with Crippen LogP contribution in [0.25, 0.3) is 10.9 Å². The Kier molecular flexibility index (Phi) is 5.50. The Labute approximate surface area is 159 Å². The van der Waals surface area contributed by atoms with E-state index in [-0.39, 0.29) is 23.6 Å². The first kappa shape index (κ1) is 19.7. The van der Waals surface area contributed by atoms with Crippen molar-refractivity contribution in [2.45, 2.75) is 19.9 Å². The van der Waals surface area contributed by atoms with E-state index in [2.05, 4.69) is 10.3 Å². The molecule has 0 saturated carbocycles. The summed E-state index contributed by atoms with van der Waals surface area (Å²) in [6.07, 6.45) is 0. The molecule has 27 heavy (non-hydrogen) atoms. The van der Waals surface area contributed by atoms with Crippen molar-refractivity contribution < 1.29 is 17.9 Å². The molecule has 3 rings (SSSR count). The van der Waals surface area contributed by atoms with Crippen LogP contribution < -0.4 is 5.32 Å². The molecule has 8 heteroatoms. The number of hydrogen-bond donors (Lipinski definition) is 1. The van der Waals surface area contributed by atoms with Crippen molar-refractivity contribution in [3.8, 4) is 0 Å². The maximum absolute atomic E-state index is 12.8. The van der Waals surface area contributed by atoms with Gasteiger partial charge in [-0.3, -0.25) is 9.78 Å². The average Bonchev–Trinajstić information content (AvgIpc) is 3.00. The Morgan fingerprint density at radius 1 is 1.26 bits per heavy atom. The molecule has 1 aliphatic heterocycles. The van der Waals surface area contributed by atoms with Crippen molar-refractivity contribution in [1.82, 2.24) is 14.6 Å². The van der Waals surface area contributed by atoms with Gasteiger partial charge in [0.15, 0.2) is 0 Å². The summed E-state index contributed by atoms with van der Waals surface area (Å²) in [6, 6.07) is 7.40. The Bertz CT molecular complexity index is 972. The summed E-state index contributed by atoms with van der Waals surface area (Å²) in [5.41, 5.74) is 3.07. The van der Waals surface area contributed by atoms with E-state index in [1.165, 1.54) is 18.4 Å². The molecule has 1 aliphatic rings. The van der Waals surface area contributed by atoms with E-state index in [0.29, 0.717) is 24.5 Å². The summed E-state index contributed by atoms with van der Waals surface area (Å²) in [7, 11) is -0.357. The second-order valence-electron chi connectivity index (χ2n) is 7.26. The van der Waals surface area contributed by atoms with Gasteiger partial charge in [-0.1, -0.05) is 11.6 Å². The van der Waals surface area contributed by atoms with Gasteiger partial charge in [-0.15, -0.1) is 0 Å². The van der Waals surface area contributed by atoms with Crippen molar-refractivity contribution in [3.63, 3.8) is 0 Å². The molecule has 2 atom stereocenters. The first-order valence-electron chi connectivity index (χ1n) is 8.84. The summed E-state index contributed by atoms with van der Waals surface area (Å²) < 4.78 is 31.0. The lowest BCUT2D eigenvalue weighted by Gasteiger charge is -2.21. The van der Waals surface area contributed by atoms with Gasteiger partial charge in [0.2, 0.25) is 10.0 Å². The van der Waals surface area contributed by atoms with E-state index in [1.807, 2.05) is 31.2 Å². The number of aryl methyl sites for hydroxylation is 2. The van der Waals surface area contributed by atoms with Gasteiger partial charge in [0.25, 0.3) is 5.91 Å². The first-order valence-corrected chi connectivity index (χ1v) is 10.4. The number of nitrogens with zero attached hydrogens (tertiary/aromatic N) is 2. The highest BCUT2D eigenvalue weighted by atomic mass is 32.2. The third-order valence-electron chi connectivity index (χ3n) is 4.90. The number of benzene rings is 1. The van der Waals surface area contributed by atoms with Crippen LogP contribution in [0.3, 0.4) is 0 Å². The number of ether oxygens (including phenoxy) is 1. The van der Waals surface area contributed by atoms with E-state index in [0.717, 1.165) is 16.5 Å². The molecule has 0 radical (unpaired) electrons.